The predicted octanol–water partition coefficient (Wildman–Crippen LogP) is 5.49. The average Bonchev–Trinajstić information content (AvgIpc) is 2.43. The molecule has 20 heavy (non-hydrogen) atoms. The van der Waals surface area contributed by atoms with E-state index in [0.29, 0.717) is 17.0 Å². The zero-order chi connectivity index (χ0) is 14.7. The van der Waals surface area contributed by atoms with Gasteiger partial charge in [0.2, 0.25) is 0 Å². The highest BCUT2D eigenvalue weighted by molar-refractivity contribution is 6.30. The lowest BCUT2D eigenvalue weighted by Crippen LogP contribution is -2.12. The van der Waals surface area contributed by atoms with Crippen LogP contribution < -0.4 is 5.32 Å². The van der Waals surface area contributed by atoms with Gasteiger partial charge in [-0.25, -0.2) is 8.78 Å². The molecule has 1 N–H and O–H groups in total. The van der Waals surface area contributed by atoms with E-state index >= 15 is 0 Å². The van der Waals surface area contributed by atoms with Crippen molar-refractivity contribution in [1.29, 1.82) is 0 Å². The smallest absolute Gasteiger partial charge is 0.152 e. The van der Waals surface area contributed by atoms with Gasteiger partial charge in [0.25, 0.3) is 0 Å². The Balaban J connectivity index is 2.34. The Kier molecular flexibility index (Phi) is 4.61. The van der Waals surface area contributed by atoms with Gasteiger partial charge in [0.05, 0.1) is 6.04 Å². The summed E-state index contributed by atoms with van der Waals surface area (Å²) in [4.78, 5) is 0. The summed E-state index contributed by atoms with van der Waals surface area (Å²) < 4.78 is 27.8. The van der Waals surface area contributed by atoms with Crippen LogP contribution in [0.25, 0.3) is 0 Å². The van der Waals surface area contributed by atoms with Gasteiger partial charge in [-0.1, -0.05) is 36.7 Å². The number of benzene rings is 2. The van der Waals surface area contributed by atoms with Crippen molar-refractivity contribution in [3.63, 3.8) is 0 Å². The number of anilines is 1. The van der Waals surface area contributed by atoms with E-state index < -0.39 is 11.6 Å². The molecule has 1 nitrogen and oxygen atoms in total. The first-order valence-electron chi connectivity index (χ1n) is 6.49. The molecule has 0 saturated heterocycles. The Labute approximate surface area is 122 Å². The molecule has 0 aliphatic heterocycles. The first kappa shape index (κ1) is 14.8. The monoisotopic (exact) mass is 295 g/mol. The van der Waals surface area contributed by atoms with E-state index in [2.05, 4.69) is 5.32 Å². The van der Waals surface area contributed by atoms with Crippen LogP contribution in [0.4, 0.5) is 14.5 Å². The van der Waals surface area contributed by atoms with Crippen LogP contribution >= 0.6 is 11.6 Å². The molecule has 2 aromatic rings. The number of rotatable bonds is 4. The molecule has 1 atom stereocenters. The summed E-state index contributed by atoms with van der Waals surface area (Å²) >= 11 is 5.96. The summed E-state index contributed by atoms with van der Waals surface area (Å²) in [5.41, 5.74) is 1.23. The number of aryl methyl sites for hydroxylation is 1. The summed E-state index contributed by atoms with van der Waals surface area (Å²) in [6.07, 6.45) is 0.688. The lowest BCUT2D eigenvalue weighted by molar-refractivity contribution is 0.575. The number of hydrogen-bond donors (Lipinski definition) is 1. The molecule has 0 radical (unpaired) electrons. The first-order chi connectivity index (χ1) is 9.52. The summed E-state index contributed by atoms with van der Waals surface area (Å²) in [5.74, 6) is -1.14. The van der Waals surface area contributed by atoms with Crippen LogP contribution in [0.15, 0.2) is 36.4 Å². The van der Waals surface area contributed by atoms with Crippen LogP contribution in [0.3, 0.4) is 0 Å². The Bertz CT molecular complexity index is 613. The average molecular weight is 296 g/mol. The van der Waals surface area contributed by atoms with Crippen LogP contribution in [0, 0.1) is 18.6 Å². The molecule has 106 valence electrons. The summed E-state index contributed by atoms with van der Waals surface area (Å²) in [7, 11) is 0. The minimum absolute atomic E-state index is 0.0863. The fourth-order valence-electron chi connectivity index (χ4n) is 2.11. The third kappa shape index (κ3) is 3.10. The van der Waals surface area contributed by atoms with Crippen LogP contribution in [0.2, 0.25) is 5.02 Å². The van der Waals surface area contributed by atoms with Crippen molar-refractivity contribution in [1.82, 2.24) is 0 Å². The molecule has 2 aromatic carbocycles. The van der Waals surface area contributed by atoms with Crippen LogP contribution in [0.5, 0.6) is 0 Å². The van der Waals surface area contributed by atoms with Gasteiger partial charge in [0, 0.05) is 5.02 Å². The highest BCUT2D eigenvalue weighted by Crippen LogP contribution is 2.29. The topological polar surface area (TPSA) is 12.0 Å². The van der Waals surface area contributed by atoms with Gasteiger partial charge in [-0.3, -0.25) is 0 Å². The van der Waals surface area contributed by atoms with Crippen LogP contribution in [-0.2, 0) is 0 Å². The maximum Gasteiger partial charge on any atom is 0.152 e. The van der Waals surface area contributed by atoms with Crippen LogP contribution in [0.1, 0.15) is 30.5 Å². The third-order valence-electron chi connectivity index (χ3n) is 3.26. The number of nitrogens with one attached hydrogen (secondary N) is 1. The normalized spacial score (nSPS) is 12.2. The lowest BCUT2D eigenvalue weighted by Gasteiger charge is -2.20. The molecule has 0 aromatic heterocycles. The molecule has 0 spiro atoms. The van der Waals surface area contributed by atoms with E-state index in [1.165, 1.54) is 12.1 Å². The van der Waals surface area contributed by atoms with Gasteiger partial charge in [-0.2, -0.15) is 0 Å². The standard InChI is InChI=1S/C16H16ClF2N/c1-3-14(11-5-4-6-12(17)9-11)20-16-13(18)8-7-10(2)15(16)19/h4-9,14,20H,3H2,1-2H3. The van der Waals surface area contributed by atoms with Crippen molar-refractivity contribution >= 4 is 17.3 Å². The van der Waals surface area contributed by atoms with Crippen molar-refractivity contribution < 1.29 is 8.78 Å². The molecule has 0 aliphatic carbocycles. The molecule has 0 heterocycles. The van der Waals surface area contributed by atoms with Gasteiger partial charge in [0.15, 0.2) is 5.82 Å². The van der Waals surface area contributed by atoms with E-state index in [0.717, 1.165) is 5.56 Å². The summed E-state index contributed by atoms with van der Waals surface area (Å²) in [6, 6.07) is 9.78. The van der Waals surface area contributed by atoms with E-state index in [1.807, 2.05) is 19.1 Å². The molecule has 1 unspecified atom stereocenters. The van der Waals surface area contributed by atoms with Gasteiger partial charge in [-0.15, -0.1) is 0 Å². The molecule has 0 amide bonds. The molecular weight excluding hydrogens is 280 g/mol. The Morgan fingerprint density at radius 2 is 1.95 bits per heavy atom. The van der Waals surface area contributed by atoms with E-state index in [4.69, 9.17) is 11.6 Å². The molecule has 0 aliphatic rings. The van der Waals surface area contributed by atoms with Crippen LogP contribution in [-0.4, -0.2) is 0 Å². The van der Waals surface area contributed by atoms with E-state index in [9.17, 15) is 8.78 Å². The highest BCUT2D eigenvalue weighted by atomic mass is 35.5. The first-order valence-corrected chi connectivity index (χ1v) is 6.87. The second kappa shape index (κ2) is 6.23. The SMILES string of the molecule is CCC(Nc1c(F)ccc(C)c1F)c1cccc(Cl)c1. The predicted molar refractivity (Wildman–Crippen MR) is 79.2 cm³/mol. The van der Waals surface area contributed by atoms with Gasteiger partial charge in [-0.05, 0) is 42.7 Å². The minimum Gasteiger partial charge on any atom is -0.373 e. The van der Waals surface area contributed by atoms with Crippen molar-refractivity contribution in [2.75, 3.05) is 5.32 Å². The van der Waals surface area contributed by atoms with Crippen molar-refractivity contribution in [2.24, 2.45) is 0 Å². The maximum atomic E-state index is 14.0. The highest BCUT2D eigenvalue weighted by Gasteiger charge is 2.16. The Hall–Kier alpha value is -1.61. The molecule has 0 bridgehead atoms. The maximum absolute atomic E-state index is 14.0. The Morgan fingerprint density at radius 3 is 2.60 bits per heavy atom. The fraction of sp³-hybridized carbons (Fsp3) is 0.250. The third-order valence-corrected chi connectivity index (χ3v) is 3.50. The molecule has 0 saturated carbocycles. The minimum atomic E-state index is -0.589. The van der Waals surface area contributed by atoms with E-state index in [1.54, 1.807) is 19.1 Å². The zero-order valence-electron chi connectivity index (χ0n) is 11.4. The van der Waals surface area contributed by atoms with Gasteiger partial charge < -0.3 is 5.32 Å². The fourth-order valence-corrected chi connectivity index (χ4v) is 2.31. The quantitative estimate of drug-likeness (QED) is 0.786. The van der Waals surface area contributed by atoms with Gasteiger partial charge >= 0.3 is 0 Å². The van der Waals surface area contributed by atoms with Crippen molar-refractivity contribution in [3.05, 3.63) is 64.2 Å². The van der Waals surface area contributed by atoms with Gasteiger partial charge in [0.1, 0.15) is 11.5 Å². The summed E-state index contributed by atoms with van der Waals surface area (Å²) in [6.45, 7) is 3.56. The second-order valence-electron chi connectivity index (χ2n) is 4.71. The molecule has 4 heteroatoms. The Morgan fingerprint density at radius 1 is 1.20 bits per heavy atom. The molecular formula is C16H16ClF2N. The number of halogens is 3. The molecule has 2 rings (SSSR count). The van der Waals surface area contributed by atoms with Crippen molar-refractivity contribution in [3.8, 4) is 0 Å². The second-order valence-corrected chi connectivity index (χ2v) is 5.15. The number of hydrogen-bond acceptors (Lipinski definition) is 1. The lowest BCUT2D eigenvalue weighted by atomic mass is 10.0. The summed E-state index contributed by atoms with van der Waals surface area (Å²) in [5, 5.41) is 3.55. The van der Waals surface area contributed by atoms with E-state index in [-0.39, 0.29) is 11.7 Å². The van der Waals surface area contributed by atoms with Crippen molar-refractivity contribution in [2.45, 2.75) is 26.3 Å². The zero-order valence-corrected chi connectivity index (χ0v) is 12.1. The largest absolute Gasteiger partial charge is 0.373 e. The molecule has 0 fully saturated rings.